The number of benzene rings is 1. The van der Waals surface area contributed by atoms with Crippen LogP contribution in [0.3, 0.4) is 0 Å². The molecule has 1 atom stereocenters. The normalized spacial score (nSPS) is 13.0. The summed E-state index contributed by atoms with van der Waals surface area (Å²) in [6.45, 7) is 6.88. The zero-order valence-corrected chi connectivity index (χ0v) is 16.8. The Kier molecular flexibility index (Phi) is 5.83. The van der Waals surface area contributed by atoms with Gasteiger partial charge in [0.25, 0.3) is 5.91 Å². The van der Waals surface area contributed by atoms with Crippen molar-refractivity contribution < 1.29 is 13.6 Å². The highest BCUT2D eigenvalue weighted by Crippen LogP contribution is 2.33. The summed E-state index contributed by atoms with van der Waals surface area (Å²) >= 11 is 0. The number of rotatable bonds is 7. The molecule has 0 aliphatic rings. The van der Waals surface area contributed by atoms with Gasteiger partial charge in [0.15, 0.2) is 5.69 Å². The number of fused-ring (bicyclic) bond motifs is 1. The van der Waals surface area contributed by atoms with Crippen molar-refractivity contribution >= 4 is 22.8 Å². The zero-order valence-electron chi connectivity index (χ0n) is 16.8. The average molecular weight is 403 g/mol. The van der Waals surface area contributed by atoms with Crippen LogP contribution in [0.4, 0.5) is 10.4 Å². The van der Waals surface area contributed by atoms with Crippen LogP contribution in [0.1, 0.15) is 56.0 Å². The third-order valence-corrected chi connectivity index (χ3v) is 4.60. The van der Waals surface area contributed by atoms with E-state index < -0.39 is 23.2 Å². The van der Waals surface area contributed by atoms with Gasteiger partial charge in [-0.25, -0.2) is 4.39 Å². The number of nitrogens with two attached hydrogens (primary N) is 2. The third-order valence-electron chi connectivity index (χ3n) is 4.60. The molecule has 10 heteroatoms. The minimum Gasteiger partial charge on any atom is -0.406 e. The number of halogens is 1. The quantitative estimate of drug-likeness (QED) is 0.515. The first-order chi connectivity index (χ1) is 13.7. The topological polar surface area (TPSA) is 138 Å². The lowest BCUT2D eigenvalue weighted by Crippen LogP contribution is -2.37. The molecule has 0 spiro atoms. The van der Waals surface area contributed by atoms with Crippen LogP contribution in [0.2, 0.25) is 0 Å². The Morgan fingerprint density at radius 3 is 2.69 bits per heavy atom. The van der Waals surface area contributed by atoms with Gasteiger partial charge in [-0.3, -0.25) is 9.48 Å². The summed E-state index contributed by atoms with van der Waals surface area (Å²) in [6.07, 6.45) is 1.58. The van der Waals surface area contributed by atoms with Gasteiger partial charge in [-0.1, -0.05) is 25.9 Å². The Hall–Kier alpha value is -3.01. The second-order valence-corrected chi connectivity index (χ2v) is 7.98. The third kappa shape index (κ3) is 4.53. The number of carbonyl (C=O) groups excluding carboxylic acids is 1. The maximum absolute atomic E-state index is 13.8. The van der Waals surface area contributed by atoms with E-state index in [1.165, 1.54) is 12.1 Å². The number of amides is 1. The summed E-state index contributed by atoms with van der Waals surface area (Å²) < 4.78 is 20.8. The number of anilines is 1. The molecule has 0 fully saturated rings. The van der Waals surface area contributed by atoms with Crippen LogP contribution in [0.25, 0.3) is 10.9 Å². The van der Waals surface area contributed by atoms with Gasteiger partial charge in [-0.15, -0.1) is 5.10 Å². The van der Waals surface area contributed by atoms with Gasteiger partial charge in [0.2, 0.25) is 5.89 Å². The maximum Gasteiger partial charge on any atom is 0.312 e. The highest BCUT2D eigenvalue weighted by atomic mass is 19.1. The van der Waals surface area contributed by atoms with Crippen molar-refractivity contribution in [3.63, 3.8) is 0 Å². The predicted molar refractivity (Wildman–Crippen MR) is 106 cm³/mol. The maximum atomic E-state index is 13.8. The smallest absolute Gasteiger partial charge is 0.312 e. The summed E-state index contributed by atoms with van der Waals surface area (Å²) in [7, 11) is 0. The molecular weight excluding hydrogens is 377 g/mol. The fourth-order valence-corrected chi connectivity index (χ4v) is 3.10. The minimum absolute atomic E-state index is 0.0754. The van der Waals surface area contributed by atoms with E-state index in [4.69, 9.17) is 15.9 Å². The molecule has 0 bridgehead atoms. The molecule has 1 unspecified atom stereocenters. The van der Waals surface area contributed by atoms with Crippen molar-refractivity contribution in [3.8, 4) is 0 Å². The molecule has 9 nitrogen and oxygen atoms in total. The molecule has 1 aromatic carbocycles. The standard InChI is InChI=1S/C19H26FN7O2/c1-19(2,3)15(17-24-25-18(22)29-17)23-16(28)14-12-7-6-11(20)10-13(12)27(26-14)9-5-4-8-21/h6-7,10,15H,4-5,8-9,21H2,1-3H3,(H2,22,25)(H,23,28). The molecule has 0 aliphatic carbocycles. The van der Waals surface area contributed by atoms with Gasteiger partial charge in [-0.05, 0) is 43.0 Å². The molecule has 1 amide bonds. The van der Waals surface area contributed by atoms with E-state index in [9.17, 15) is 9.18 Å². The molecular formula is C19H26FN7O2. The number of hydrogen-bond donors (Lipinski definition) is 3. The second-order valence-electron chi connectivity index (χ2n) is 7.98. The summed E-state index contributed by atoms with van der Waals surface area (Å²) in [4.78, 5) is 13.1. The van der Waals surface area contributed by atoms with Crippen LogP contribution in [-0.4, -0.2) is 32.4 Å². The molecule has 5 N–H and O–H groups in total. The predicted octanol–water partition coefficient (Wildman–Crippen LogP) is 2.40. The van der Waals surface area contributed by atoms with Gasteiger partial charge >= 0.3 is 6.01 Å². The van der Waals surface area contributed by atoms with Crippen molar-refractivity contribution in [1.82, 2.24) is 25.3 Å². The number of aromatic nitrogens is 4. The van der Waals surface area contributed by atoms with Crippen LogP contribution < -0.4 is 16.8 Å². The van der Waals surface area contributed by atoms with Crippen LogP contribution in [0, 0.1) is 11.2 Å². The van der Waals surface area contributed by atoms with Gasteiger partial charge < -0.3 is 21.2 Å². The SMILES string of the molecule is CC(C)(C)C(NC(=O)c1nn(CCCCN)c2cc(F)ccc12)c1nnc(N)o1. The van der Waals surface area contributed by atoms with E-state index in [0.717, 1.165) is 12.8 Å². The first kappa shape index (κ1) is 20.7. The lowest BCUT2D eigenvalue weighted by Gasteiger charge is -2.28. The fourth-order valence-electron chi connectivity index (χ4n) is 3.10. The average Bonchev–Trinajstić information content (AvgIpc) is 3.22. The second kappa shape index (κ2) is 8.16. The minimum atomic E-state index is -0.585. The van der Waals surface area contributed by atoms with Crippen LogP contribution >= 0.6 is 0 Å². The molecule has 3 aromatic rings. The molecule has 3 rings (SSSR count). The summed E-state index contributed by atoms with van der Waals surface area (Å²) in [5, 5.41) is 15.5. The first-order valence-electron chi connectivity index (χ1n) is 9.46. The number of aryl methyl sites for hydroxylation is 1. The Bertz CT molecular complexity index is 1010. The van der Waals surface area contributed by atoms with E-state index in [1.807, 2.05) is 20.8 Å². The molecule has 2 heterocycles. The molecule has 2 aromatic heterocycles. The number of nitrogens with one attached hydrogen (secondary N) is 1. The summed E-state index contributed by atoms with van der Waals surface area (Å²) in [5.41, 5.74) is 11.4. The highest BCUT2D eigenvalue weighted by Gasteiger charge is 2.33. The highest BCUT2D eigenvalue weighted by molar-refractivity contribution is 6.05. The van der Waals surface area contributed by atoms with Gasteiger partial charge in [0.1, 0.15) is 11.9 Å². The Balaban J connectivity index is 1.95. The van der Waals surface area contributed by atoms with Crippen molar-refractivity contribution in [2.75, 3.05) is 12.3 Å². The number of nitrogen functional groups attached to an aromatic ring is 1. The van der Waals surface area contributed by atoms with E-state index in [0.29, 0.717) is 24.0 Å². The molecule has 0 radical (unpaired) electrons. The van der Waals surface area contributed by atoms with Crippen LogP contribution in [0.5, 0.6) is 0 Å². The van der Waals surface area contributed by atoms with Gasteiger partial charge in [-0.2, -0.15) is 5.10 Å². The summed E-state index contributed by atoms with van der Waals surface area (Å²) in [6, 6.07) is 3.58. The monoisotopic (exact) mass is 403 g/mol. The van der Waals surface area contributed by atoms with Crippen molar-refractivity contribution in [2.24, 2.45) is 11.1 Å². The number of nitrogens with zero attached hydrogens (tertiary/aromatic N) is 4. The van der Waals surface area contributed by atoms with E-state index in [1.54, 1.807) is 10.7 Å². The van der Waals surface area contributed by atoms with Gasteiger partial charge in [0.05, 0.1) is 5.52 Å². The van der Waals surface area contributed by atoms with Gasteiger partial charge in [0, 0.05) is 11.9 Å². The molecule has 0 aliphatic heterocycles. The molecule has 0 saturated heterocycles. The summed E-state index contributed by atoms with van der Waals surface area (Å²) in [5.74, 6) is -0.602. The largest absolute Gasteiger partial charge is 0.406 e. The first-order valence-corrected chi connectivity index (χ1v) is 9.46. The van der Waals surface area contributed by atoms with E-state index in [-0.39, 0.29) is 17.6 Å². The lowest BCUT2D eigenvalue weighted by molar-refractivity contribution is 0.0881. The molecule has 0 saturated carbocycles. The Morgan fingerprint density at radius 1 is 1.31 bits per heavy atom. The number of unbranched alkanes of at least 4 members (excludes halogenated alkanes) is 1. The Morgan fingerprint density at radius 2 is 2.07 bits per heavy atom. The number of carbonyl (C=O) groups is 1. The van der Waals surface area contributed by atoms with Crippen molar-refractivity contribution in [2.45, 2.75) is 46.2 Å². The fraction of sp³-hybridized carbons (Fsp3) is 0.474. The van der Waals surface area contributed by atoms with Crippen LogP contribution in [0.15, 0.2) is 22.6 Å². The molecule has 29 heavy (non-hydrogen) atoms. The van der Waals surface area contributed by atoms with Crippen LogP contribution in [-0.2, 0) is 6.54 Å². The van der Waals surface area contributed by atoms with E-state index >= 15 is 0 Å². The van der Waals surface area contributed by atoms with E-state index in [2.05, 4.69) is 20.6 Å². The van der Waals surface area contributed by atoms with Crippen molar-refractivity contribution in [1.29, 1.82) is 0 Å². The van der Waals surface area contributed by atoms with Crippen molar-refractivity contribution in [3.05, 3.63) is 35.6 Å². The number of hydrogen-bond acceptors (Lipinski definition) is 7. The molecule has 156 valence electrons. The lowest BCUT2D eigenvalue weighted by atomic mass is 9.86. The Labute approximate surface area is 167 Å². The zero-order chi connectivity index (χ0) is 21.2.